The Hall–Kier alpha value is -2.87. The summed E-state index contributed by atoms with van der Waals surface area (Å²) < 4.78 is 4.75. The van der Waals surface area contributed by atoms with Crippen molar-refractivity contribution in [2.45, 2.75) is 104 Å². The van der Waals surface area contributed by atoms with Crippen LogP contribution < -0.4 is 26.1 Å². The quantitative estimate of drug-likeness (QED) is 0.0900. The maximum Gasteiger partial charge on any atom is 0.262 e. The van der Waals surface area contributed by atoms with E-state index in [9.17, 15) is 24.4 Å². The summed E-state index contributed by atoms with van der Waals surface area (Å²) in [7, 11) is 0. The third kappa shape index (κ3) is 5.84. The van der Waals surface area contributed by atoms with E-state index < -0.39 is 11.1 Å². The molecule has 0 aliphatic heterocycles. The molecule has 0 aliphatic rings. The normalized spacial score (nSPS) is 11.9. The molecule has 0 N–H and O–H groups in total. The largest absolute Gasteiger partial charge is 0.274 e. The Kier molecular flexibility index (Phi) is 10.2. The molecule has 0 bridgehead atoms. The first-order valence-electron chi connectivity index (χ1n) is 15.4. The first kappa shape index (κ1) is 31.6. The van der Waals surface area contributed by atoms with Crippen LogP contribution in [0, 0.1) is 11.3 Å². The Morgan fingerprint density at radius 2 is 1.05 bits per heavy atom. The van der Waals surface area contributed by atoms with Crippen LogP contribution in [0.1, 0.15) is 90.9 Å². The first-order chi connectivity index (χ1) is 20.8. The van der Waals surface area contributed by atoms with Crippen LogP contribution in [0.15, 0.2) is 31.3 Å². The fraction of sp³-hybridized carbons (Fsp3) is 0.485. The molecule has 5 aromatic rings. The van der Waals surface area contributed by atoms with Gasteiger partial charge in [0, 0.05) is 34.6 Å². The molecule has 0 amide bonds. The molecule has 5 rings (SSSR count). The minimum Gasteiger partial charge on any atom is -0.274 e. The molecule has 3 heterocycles. The van der Waals surface area contributed by atoms with Gasteiger partial charge < -0.3 is 0 Å². The lowest BCUT2D eigenvalue weighted by Crippen LogP contribution is -2.35. The van der Waals surface area contributed by atoms with Crippen LogP contribution in [-0.4, -0.2) is 9.13 Å². The lowest BCUT2D eigenvalue weighted by molar-refractivity contribution is 0.545. The highest BCUT2D eigenvalue weighted by Gasteiger charge is 2.26. The third-order valence-corrected chi connectivity index (χ3v) is 12.1. The predicted octanol–water partition coefficient (Wildman–Crippen LogP) is 7.37. The average molecular weight is 683 g/mol. The Balaban J connectivity index is 1.76. The molecule has 3 aromatic heterocycles. The SMILES string of the molecule is CCCCCCCCn1c(=O)c2ccc3c(=O)n(CCCCCCCC)c(=O)c4c5sc(=C(Br)C#N)sc5c(c1=O)c2c34. The highest BCUT2D eigenvalue weighted by Crippen LogP contribution is 2.39. The second kappa shape index (κ2) is 13.8. The van der Waals surface area contributed by atoms with Gasteiger partial charge in [-0.05, 0) is 40.9 Å². The number of nitrogens with zero attached hydrogens (tertiary/aromatic N) is 3. The first-order valence-corrected chi connectivity index (χ1v) is 17.8. The molecule has 7 nitrogen and oxygen atoms in total. The minimum atomic E-state index is -0.400. The summed E-state index contributed by atoms with van der Waals surface area (Å²) in [5.41, 5.74) is -1.57. The van der Waals surface area contributed by atoms with Crippen molar-refractivity contribution in [2.75, 3.05) is 0 Å². The Bertz CT molecular complexity index is 2000. The predicted molar refractivity (Wildman–Crippen MR) is 184 cm³/mol. The summed E-state index contributed by atoms with van der Waals surface area (Å²) >= 11 is 5.89. The lowest BCUT2D eigenvalue weighted by Gasteiger charge is -2.15. The van der Waals surface area contributed by atoms with Crippen LogP contribution in [0.4, 0.5) is 0 Å². The number of aromatic nitrogens is 2. The van der Waals surface area contributed by atoms with Crippen molar-refractivity contribution in [3.63, 3.8) is 0 Å². The molecule has 10 heteroatoms. The molecular weight excluding hydrogens is 646 g/mol. The molecule has 2 aromatic carbocycles. The van der Waals surface area contributed by atoms with Gasteiger partial charge in [0.1, 0.15) is 14.4 Å². The zero-order valence-corrected chi connectivity index (χ0v) is 27.9. The number of unbranched alkanes of at least 4 members (excludes halogenated alkanes) is 10. The van der Waals surface area contributed by atoms with E-state index in [2.05, 4.69) is 35.8 Å². The zero-order chi connectivity index (χ0) is 30.7. The molecule has 0 saturated carbocycles. The van der Waals surface area contributed by atoms with Gasteiger partial charge in [-0.2, -0.15) is 5.26 Å². The number of nitriles is 1. The molecule has 0 saturated heterocycles. The summed E-state index contributed by atoms with van der Waals surface area (Å²) in [5, 5.41) is 11.8. The number of rotatable bonds is 14. The fourth-order valence-corrected chi connectivity index (χ4v) is 9.14. The van der Waals surface area contributed by atoms with Gasteiger partial charge in [-0.3, -0.25) is 28.3 Å². The van der Waals surface area contributed by atoms with Gasteiger partial charge in [0.15, 0.2) is 0 Å². The van der Waals surface area contributed by atoms with Gasteiger partial charge in [0.05, 0.1) is 20.2 Å². The van der Waals surface area contributed by atoms with E-state index in [1.165, 1.54) is 44.6 Å². The van der Waals surface area contributed by atoms with Crippen molar-refractivity contribution in [3.05, 3.63) is 57.4 Å². The maximum absolute atomic E-state index is 14.1. The molecule has 0 atom stereocenters. The van der Waals surface area contributed by atoms with Crippen molar-refractivity contribution < 1.29 is 0 Å². The van der Waals surface area contributed by atoms with Crippen molar-refractivity contribution in [3.8, 4) is 6.07 Å². The molecule has 0 fully saturated rings. The zero-order valence-electron chi connectivity index (χ0n) is 24.7. The van der Waals surface area contributed by atoms with Crippen LogP contribution in [0.3, 0.4) is 0 Å². The smallest absolute Gasteiger partial charge is 0.262 e. The van der Waals surface area contributed by atoms with E-state index in [-0.39, 0.29) is 11.1 Å². The number of hydrogen-bond donors (Lipinski definition) is 0. The minimum absolute atomic E-state index is 0.314. The lowest BCUT2D eigenvalue weighted by atomic mass is 9.96. The van der Waals surface area contributed by atoms with Crippen molar-refractivity contribution in [1.29, 1.82) is 5.26 Å². The van der Waals surface area contributed by atoms with E-state index in [0.717, 1.165) is 64.2 Å². The summed E-state index contributed by atoms with van der Waals surface area (Å²) in [6, 6.07) is 5.41. The number of fused-ring (bicyclic) bond motifs is 3. The van der Waals surface area contributed by atoms with Crippen LogP contribution in [-0.2, 0) is 13.1 Å². The molecule has 43 heavy (non-hydrogen) atoms. The second-order valence-electron chi connectivity index (χ2n) is 11.3. The van der Waals surface area contributed by atoms with Crippen LogP contribution in [0.5, 0.6) is 0 Å². The average Bonchev–Trinajstić information content (AvgIpc) is 3.45. The van der Waals surface area contributed by atoms with Crippen LogP contribution in [0.2, 0.25) is 0 Å². The molecule has 0 unspecified atom stereocenters. The molecule has 226 valence electrons. The van der Waals surface area contributed by atoms with Gasteiger partial charge in [-0.15, -0.1) is 22.7 Å². The number of halogens is 1. The Labute approximate surface area is 265 Å². The van der Waals surface area contributed by atoms with Crippen molar-refractivity contribution >= 4 is 84.8 Å². The Morgan fingerprint density at radius 3 is 1.44 bits per heavy atom. The monoisotopic (exact) mass is 681 g/mol. The van der Waals surface area contributed by atoms with Crippen molar-refractivity contribution in [2.24, 2.45) is 0 Å². The number of hydrogen-bond acceptors (Lipinski definition) is 7. The van der Waals surface area contributed by atoms with Gasteiger partial charge in [-0.25, -0.2) is 0 Å². The number of pyridine rings is 2. The molecule has 0 radical (unpaired) electrons. The van der Waals surface area contributed by atoms with E-state index >= 15 is 0 Å². The van der Waals surface area contributed by atoms with E-state index in [1.54, 1.807) is 12.1 Å². The highest BCUT2D eigenvalue weighted by atomic mass is 79.9. The summed E-state index contributed by atoms with van der Waals surface area (Å²) in [4.78, 5) is 55.7. The third-order valence-electron chi connectivity index (χ3n) is 8.37. The number of benzene rings is 2. The topological polar surface area (TPSA) is 102 Å². The molecular formula is C33H36BrN3O4S2. The standard InChI is InChI=1S/C33H36BrN3O4S2/c1-3-5-7-9-11-13-17-36-29(38)20-15-16-21-24-23(20)25(31(36)40)27-28(43-33(42-27)22(34)19-35)26(24)32(41)37(30(21)39)18-14-12-10-8-6-4-2/h15-16H,3-14,17-18H2,1-2H3. The molecule has 0 spiro atoms. The van der Waals surface area contributed by atoms with Gasteiger partial charge in [0.25, 0.3) is 22.2 Å². The second-order valence-corrected chi connectivity index (χ2v) is 14.4. The Morgan fingerprint density at radius 1 is 0.651 bits per heavy atom. The molecule has 0 aliphatic carbocycles. The van der Waals surface area contributed by atoms with E-state index in [4.69, 9.17) is 0 Å². The van der Waals surface area contributed by atoms with Gasteiger partial charge in [-0.1, -0.05) is 78.1 Å². The summed E-state index contributed by atoms with van der Waals surface area (Å²) in [5.74, 6) is 0. The van der Waals surface area contributed by atoms with Crippen LogP contribution in [0.25, 0.3) is 46.2 Å². The van der Waals surface area contributed by atoms with Gasteiger partial charge in [0.2, 0.25) is 0 Å². The van der Waals surface area contributed by atoms with Crippen LogP contribution >= 0.6 is 38.6 Å². The van der Waals surface area contributed by atoms with E-state index in [1.807, 2.05) is 0 Å². The maximum atomic E-state index is 14.1. The highest BCUT2D eigenvalue weighted by molar-refractivity contribution is 9.15. The summed E-state index contributed by atoms with van der Waals surface area (Å²) in [6.07, 6.45) is 12.3. The fourth-order valence-electron chi connectivity index (χ4n) is 6.13. The summed E-state index contributed by atoms with van der Waals surface area (Å²) in [6.45, 7) is 4.96. The van der Waals surface area contributed by atoms with Gasteiger partial charge >= 0.3 is 0 Å². The van der Waals surface area contributed by atoms with Crippen molar-refractivity contribution in [1.82, 2.24) is 9.13 Å². The van der Waals surface area contributed by atoms with E-state index in [0.29, 0.717) is 63.1 Å².